The number of hydrogen-bond acceptors (Lipinski definition) is 4. The van der Waals surface area contributed by atoms with Crippen LogP contribution in [0.1, 0.15) is 12.0 Å². The zero-order valence-corrected chi connectivity index (χ0v) is 12.3. The van der Waals surface area contributed by atoms with E-state index < -0.39 is 34.2 Å². The summed E-state index contributed by atoms with van der Waals surface area (Å²) in [5.74, 6) is -2.33. The molecule has 1 aromatic rings. The molecule has 21 heavy (non-hydrogen) atoms. The maximum Gasteiger partial charge on any atom is 0.323 e. The molecule has 1 saturated heterocycles. The topological polar surface area (TPSA) is 91.8 Å². The average Bonchev–Trinajstić information content (AvgIpc) is 2.78. The zero-order valence-electron chi connectivity index (χ0n) is 11.4. The third kappa shape index (κ3) is 4.29. The molecule has 0 saturated carbocycles. The molecule has 0 radical (unpaired) electrons. The van der Waals surface area contributed by atoms with Crippen molar-refractivity contribution >= 4 is 21.7 Å². The molecule has 1 amide bonds. The van der Waals surface area contributed by atoms with E-state index in [1.54, 1.807) is 24.3 Å². The van der Waals surface area contributed by atoms with E-state index in [2.05, 4.69) is 0 Å². The summed E-state index contributed by atoms with van der Waals surface area (Å²) in [4.78, 5) is 24.5. The Bertz CT molecular complexity index is 626. The van der Waals surface area contributed by atoms with Gasteiger partial charge in [0.1, 0.15) is 6.54 Å². The highest BCUT2D eigenvalue weighted by atomic mass is 32.2. The van der Waals surface area contributed by atoms with Crippen molar-refractivity contribution in [2.45, 2.75) is 13.0 Å². The Morgan fingerprint density at radius 2 is 1.90 bits per heavy atom. The first-order valence-corrected chi connectivity index (χ1v) is 8.44. The summed E-state index contributed by atoms with van der Waals surface area (Å²) < 4.78 is 22.9. The second kappa shape index (κ2) is 6.26. The standard InChI is InChI=1S/C14H17NO5S/c16-13(17)9-15(8-11-4-2-1-3-5-11)14(18)12-6-7-21(19,20)10-12/h1-5,12H,6-10H2,(H,16,17). The van der Waals surface area contributed by atoms with Crippen LogP contribution in [0.25, 0.3) is 0 Å². The van der Waals surface area contributed by atoms with Gasteiger partial charge in [-0.25, -0.2) is 8.42 Å². The molecule has 1 aromatic carbocycles. The Balaban J connectivity index is 2.12. The summed E-state index contributed by atoms with van der Waals surface area (Å²) in [6, 6.07) is 9.04. The highest BCUT2D eigenvalue weighted by molar-refractivity contribution is 7.91. The lowest BCUT2D eigenvalue weighted by atomic mass is 10.1. The van der Waals surface area contributed by atoms with Crippen molar-refractivity contribution in [1.29, 1.82) is 0 Å². The van der Waals surface area contributed by atoms with Crippen LogP contribution in [-0.2, 0) is 26.0 Å². The predicted octanol–water partition coefficient (Wildman–Crippen LogP) is 0.535. The number of aliphatic carboxylic acids is 1. The van der Waals surface area contributed by atoms with Gasteiger partial charge in [0.05, 0.1) is 17.4 Å². The first kappa shape index (κ1) is 15.5. The van der Waals surface area contributed by atoms with E-state index in [1.165, 1.54) is 4.90 Å². The van der Waals surface area contributed by atoms with Gasteiger partial charge in [0.2, 0.25) is 5.91 Å². The molecule has 114 valence electrons. The third-order valence-electron chi connectivity index (χ3n) is 3.44. The molecule has 1 fully saturated rings. The second-order valence-corrected chi connectivity index (χ2v) is 7.40. The Morgan fingerprint density at radius 3 is 2.43 bits per heavy atom. The molecule has 0 aliphatic carbocycles. The fourth-order valence-electron chi connectivity index (χ4n) is 2.43. The van der Waals surface area contributed by atoms with Gasteiger partial charge in [0.15, 0.2) is 9.84 Å². The van der Waals surface area contributed by atoms with E-state index in [9.17, 15) is 18.0 Å². The van der Waals surface area contributed by atoms with E-state index in [4.69, 9.17) is 5.11 Å². The summed E-state index contributed by atoms with van der Waals surface area (Å²) in [6.07, 6.45) is 0.270. The number of hydrogen-bond donors (Lipinski definition) is 1. The van der Waals surface area contributed by atoms with Gasteiger partial charge in [0.25, 0.3) is 0 Å². The van der Waals surface area contributed by atoms with E-state index in [0.717, 1.165) is 5.56 Å². The molecule has 1 N–H and O–H groups in total. The fraction of sp³-hybridized carbons (Fsp3) is 0.429. The predicted molar refractivity (Wildman–Crippen MR) is 76.3 cm³/mol. The quantitative estimate of drug-likeness (QED) is 0.856. The number of carbonyl (C=O) groups excluding carboxylic acids is 1. The van der Waals surface area contributed by atoms with Crippen LogP contribution in [0.15, 0.2) is 30.3 Å². The first-order chi connectivity index (χ1) is 9.87. The van der Waals surface area contributed by atoms with Gasteiger partial charge < -0.3 is 10.0 Å². The summed E-state index contributed by atoms with van der Waals surface area (Å²) in [7, 11) is -3.17. The van der Waals surface area contributed by atoms with Gasteiger partial charge in [-0.15, -0.1) is 0 Å². The molecule has 0 aromatic heterocycles. The van der Waals surface area contributed by atoms with Gasteiger partial charge in [-0.2, -0.15) is 0 Å². The van der Waals surface area contributed by atoms with Crippen LogP contribution in [0.3, 0.4) is 0 Å². The molecule has 1 aliphatic heterocycles. The largest absolute Gasteiger partial charge is 0.480 e. The lowest BCUT2D eigenvalue weighted by Crippen LogP contribution is -2.39. The minimum Gasteiger partial charge on any atom is -0.480 e. The first-order valence-electron chi connectivity index (χ1n) is 6.62. The van der Waals surface area contributed by atoms with Crippen molar-refractivity contribution in [3.8, 4) is 0 Å². The SMILES string of the molecule is O=C(O)CN(Cc1ccccc1)C(=O)C1CCS(=O)(=O)C1. The van der Waals surface area contributed by atoms with Gasteiger partial charge in [-0.05, 0) is 12.0 Å². The average molecular weight is 311 g/mol. The summed E-state index contributed by atoms with van der Waals surface area (Å²) >= 11 is 0. The second-order valence-electron chi connectivity index (χ2n) is 5.17. The van der Waals surface area contributed by atoms with Crippen LogP contribution in [-0.4, -0.2) is 48.4 Å². The molecule has 7 heteroatoms. The van der Waals surface area contributed by atoms with Gasteiger partial charge in [0, 0.05) is 6.54 Å². The number of carbonyl (C=O) groups is 2. The van der Waals surface area contributed by atoms with Gasteiger partial charge in [-0.1, -0.05) is 30.3 Å². The number of benzene rings is 1. The Hall–Kier alpha value is -1.89. The van der Waals surface area contributed by atoms with E-state index in [-0.39, 0.29) is 24.5 Å². The number of rotatable bonds is 5. The monoisotopic (exact) mass is 311 g/mol. The van der Waals surface area contributed by atoms with Crippen LogP contribution in [0, 0.1) is 5.92 Å². The molecular weight excluding hydrogens is 294 g/mol. The van der Waals surface area contributed by atoms with Crippen molar-refractivity contribution in [3.63, 3.8) is 0 Å². The van der Waals surface area contributed by atoms with Crippen molar-refractivity contribution in [2.24, 2.45) is 5.92 Å². The van der Waals surface area contributed by atoms with Crippen LogP contribution in [0.5, 0.6) is 0 Å². The summed E-state index contributed by atoms with van der Waals surface area (Å²) in [6.45, 7) is -0.257. The third-order valence-corrected chi connectivity index (χ3v) is 5.20. The molecular formula is C14H17NO5S. The number of carboxylic acids is 1. The minimum atomic E-state index is -3.17. The highest BCUT2D eigenvalue weighted by Gasteiger charge is 2.35. The summed E-state index contributed by atoms with van der Waals surface area (Å²) in [5.41, 5.74) is 0.813. The minimum absolute atomic E-state index is 0.00431. The number of sulfone groups is 1. The molecule has 1 heterocycles. The van der Waals surface area contributed by atoms with Gasteiger partial charge in [-0.3, -0.25) is 9.59 Å². The highest BCUT2D eigenvalue weighted by Crippen LogP contribution is 2.21. The Labute approximate surface area is 123 Å². The molecule has 0 bridgehead atoms. The molecule has 6 nitrogen and oxygen atoms in total. The number of nitrogens with zero attached hydrogens (tertiary/aromatic N) is 1. The lowest BCUT2D eigenvalue weighted by molar-refractivity contribution is -0.146. The van der Waals surface area contributed by atoms with E-state index >= 15 is 0 Å². The van der Waals surface area contributed by atoms with Crippen LogP contribution in [0.4, 0.5) is 0 Å². The summed E-state index contributed by atoms with van der Waals surface area (Å²) in [5, 5.41) is 8.94. The maximum atomic E-state index is 12.4. The Kier molecular flexibility index (Phi) is 4.62. The van der Waals surface area contributed by atoms with Crippen LogP contribution < -0.4 is 0 Å². The van der Waals surface area contributed by atoms with Gasteiger partial charge >= 0.3 is 5.97 Å². The van der Waals surface area contributed by atoms with Crippen molar-refractivity contribution < 1.29 is 23.1 Å². The molecule has 2 rings (SSSR count). The van der Waals surface area contributed by atoms with E-state index in [0.29, 0.717) is 0 Å². The molecule has 1 aliphatic rings. The Morgan fingerprint density at radius 1 is 1.24 bits per heavy atom. The van der Waals surface area contributed by atoms with E-state index in [1.807, 2.05) is 6.07 Å². The van der Waals surface area contributed by atoms with Crippen molar-refractivity contribution in [1.82, 2.24) is 4.90 Å². The lowest BCUT2D eigenvalue weighted by Gasteiger charge is -2.23. The van der Waals surface area contributed by atoms with Crippen molar-refractivity contribution in [2.75, 3.05) is 18.1 Å². The fourth-order valence-corrected chi connectivity index (χ4v) is 4.16. The molecule has 0 spiro atoms. The van der Waals surface area contributed by atoms with Crippen LogP contribution in [0.2, 0.25) is 0 Å². The number of carboxylic acid groups (broad SMARTS) is 1. The molecule has 1 atom stereocenters. The number of amides is 1. The van der Waals surface area contributed by atoms with Crippen molar-refractivity contribution in [3.05, 3.63) is 35.9 Å². The zero-order chi connectivity index (χ0) is 15.5. The van der Waals surface area contributed by atoms with Crippen LogP contribution >= 0.6 is 0 Å². The maximum absolute atomic E-state index is 12.4. The normalized spacial score (nSPS) is 20.1. The smallest absolute Gasteiger partial charge is 0.323 e. The molecule has 1 unspecified atom stereocenters.